The number of hydrogen-bond donors (Lipinski definition) is 2. The van der Waals surface area contributed by atoms with Gasteiger partial charge in [0.05, 0.1) is 6.04 Å². The van der Waals surface area contributed by atoms with E-state index in [4.69, 9.17) is 0 Å². The van der Waals surface area contributed by atoms with Gasteiger partial charge in [0.15, 0.2) is 0 Å². The van der Waals surface area contributed by atoms with Crippen molar-refractivity contribution in [2.45, 2.75) is 59.0 Å². The SMILES string of the molecule is CNC(=O)[C@@H](C)NC1CC(C)CC(C)(C)C1. The standard InChI is InChI=1S/C13H26N2O/c1-9-6-11(8-13(3,4)7-9)15-10(2)12(16)14-5/h9-11,15H,6-8H2,1-5H3,(H,14,16)/t9?,10-,11?/m1/s1. The summed E-state index contributed by atoms with van der Waals surface area (Å²) in [6.45, 7) is 8.88. The molecule has 2 N–H and O–H groups in total. The summed E-state index contributed by atoms with van der Waals surface area (Å²) in [5, 5.41) is 6.13. The maximum atomic E-state index is 11.5. The van der Waals surface area contributed by atoms with Gasteiger partial charge in [0.25, 0.3) is 0 Å². The van der Waals surface area contributed by atoms with E-state index in [1.165, 1.54) is 19.3 Å². The van der Waals surface area contributed by atoms with Crippen molar-refractivity contribution in [3.05, 3.63) is 0 Å². The van der Waals surface area contributed by atoms with Crippen LogP contribution in [-0.2, 0) is 4.79 Å². The summed E-state index contributed by atoms with van der Waals surface area (Å²) in [5.41, 5.74) is 0.401. The molecule has 0 aromatic rings. The molecule has 0 aromatic heterocycles. The third kappa shape index (κ3) is 3.78. The largest absolute Gasteiger partial charge is 0.358 e. The van der Waals surface area contributed by atoms with Crippen LogP contribution in [0.1, 0.15) is 47.0 Å². The highest BCUT2D eigenvalue weighted by molar-refractivity contribution is 5.80. The molecule has 1 aliphatic carbocycles. The van der Waals surface area contributed by atoms with Crippen LogP contribution in [0.5, 0.6) is 0 Å². The molecule has 3 nitrogen and oxygen atoms in total. The predicted octanol–water partition coefficient (Wildman–Crippen LogP) is 1.93. The zero-order valence-corrected chi connectivity index (χ0v) is 11.3. The van der Waals surface area contributed by atoms with Crippen molar-refractivity contribution in [2.75, 3.05) is 7.05 Å². The van der Waals surface area contributed by atoms with E-state index < -0.39 is 0 Å². The Morgan fingerprint density at radius 1 is 1.38 bits per heavy atom. The smallest absolute Gasteiger partial charge is 0.236 e. The van der Waals surface area contributed by atoms with Gasteiger partial charge in [0.1, 0.15) is 0 Å². The third-order valence-electron chi connectivity index (χ3n) is 3.51. The van der Waals surface area contributed by atoms with E-state index in [1.807, 2.05) is 6.92 Å². The van der Waals surface area contributed by atoms with E-state index in [1.54, 1.807) is 7.05 Å². The summed E-state index contributed by atoms with van der Waals surface area (Å²) in [6.07, 6.45) is 3.64. The molecule has 16 heavy (non-hydrogen) atoms. The number of nitrogens with one attached hydrogen (secondary N) is 2. The van der Waals surface area contributed by atoms with Crippen molar-refractivity contribution < 1.29 is 4.79 Å². The van der Waals surface area contributed by atoms with Crippen LogP contribution in [0.2, 0.25) is 0 Å². The van der Waals surface area contributed by atoms with Gasteiger partial charge in [-0.1, -0.05) is 20.8 Å². The van der Waals surface area contributed by atoms with Crippen LogP contribution in [0, 0.1) is 11.3 Å². The van der Waals surface area contributed by atoms with Gasteiger partial charge in [-0.15, -0.1) is 0 Å². The topological polar surface area (TPSA) is 41.1 Å². The Morgan fingerprint density at radius 2 is 2.00 bits per heavy atom. The van der Waals surface area contributed by atoms with Gasteiger partial charge in [-0.3, -0.25) is 4.79 Å². The molecular formula is C13H26N2O. The van der Waals surface area contributed by atoms with Crippen LogP contribution < -0.4 is 10.6 Å². The van der Waals surface area contributed by atoms with Crippen LogP contribution in [0.25, 0.3) is 0 Å². The maximum absolute atomic E-state index is 11.5. The van der Waals surface area contributed by atoms with Gasteiger partial charge < -0.3 is 10.6 Å². The molecule has 1 amide bonds. The van der Waals surface area contributed by atoms with E-state index in [9.17, 15) is 4.79 Å². The Kier molecular flexibility index (Phi) is 4.36. The minimum atomic E-state index is -0.0869. The minimum Gasteiger partial charge on any atom is -0.358 e. The molecule has 0 aliphatic heterocycles. The molecule has 0 aromatic carbocycles. The molecule has 3 heteroatoms. The number of carbonyl (C=O) groups is 1. The number of likely N-dealkylation sites (N-methyl/N-ethyl adjacent to an activating group) is 1. The zero-order chi connectivity index (χ0) is 12.3. The lowest BCUT2D eigenvalue weighted by Gasteiger charge is -2.40. The molecule has 1 aliphatic rings. The van der Waals surface area contributed by atoms with Gasteiger partial charge >= 0.3 is 0 Å². The predicted molar refractivity (Wildman–Crippen MR) is 67.2 cm³/mol. The zero-order valence-electron chi connectivity index (χ0n) is 11.3. The lowest BCUT2D eigenvalue weighted by atomic mass is 9.70. The highest BCUT2D eigenvalue weighted by atomic mass is 16.2. The highest BCUT2D eigenvalue weighted by Crippen LogP contribution is 2.38. The molecular weight excluding hydrogens is 200 g/mol. The summed E-state index contributed by atoms with van der Waals surface area (Å²) in [6, 6.07) is 0.391. The molecule has 94 valence electrons. The van der Waals surface area contributed by atoms with Crippen molar-refractivity contribution in [3.8, 4) is 0 Å². The molecule has 0 radical (unpaired) electrons. The van der Waals surface area contributed by atoms with Gasteiger partial charge in [-0.25, -0.2) is 0 Å². The molecule has 0 bridgehead atoms. The Hall–Kier alpha value is -0.570. The van der Waals surface area contributed by atoms with Gasteiger partial charge in [0, 0.05) is 13.1 Å². The number of carbonyl (C=O) groups excluding carboxylic acids is 1. The monoisotopic (exact) mass is 226 g/mol. The quantitative estimate of drug-likeness (QED) is 0.772. The molecule has 1 saturated carbocycles. The fourth-order valence-electron chi connectivity index (χ4n) is 3.12. The summed E-state index contributed by atoms with van der Waals surface area (Å²) in [4.78, 5) is 11.5. The number of amides is 1. The van der Waals surface area contributed by atoms with Crippen molar-refractivity contribution in [1.82, 2.24) is 10.6 Å². The van der Waals surface area contributed by atoms with E-state index >= 15 is 0 Å². The second-order valence-corrected chi connectivity index (χ2v) is 6.11. The second-order valence-electron chi connectivity index (χ2n) is 6.11. The molecule has 0 spiro atoms. The maximum Gasteiger partial charge on any atom is 0.236 e. The van der Waals surface area contributed by atoms with Gasteiger partial charge in [0.2, 0.25) is 5.91 Å². The van der Waals surface area contributed by atoms with E-state index in [0.717, 1.165) is 5.92 Å². The molecule has 1 rings (SSSR count). The van der Waals surface area contributed by atoms with Gasteiger partial charge in [-0.05, 0) is 37.5 Å². The molecule has 2 unspecified atom stereocenters. The summed E-state index contributed by atoms with van der Waals surface area (Å²) in [7, 11) is 1.69. The second kappa shape index (κ2) is 5.17. The molecule has 0 heterocycles. The average molecular weight is 226 g/mol. The van der Waals surface area contributed by atoms with Gasteiger partial charge in [-0.2, -0.15) is 0 Å². The first-order valence-corrected chi connectivity index (χ1v) is 6.31. The third-order valence-corrected chi connectivity index (χ3v) is 3.51. The van der Waals surface area contributed by atoms with Crippen molar-refractivity contribution in [2.24, 2.45) is 11.3 Å². The Labute approximate surface area is 99.4 Å². The van der Waals surface area contributed by atoms with Crippen molar-refractivity contribution >= 4 is 5.91 Å². The molecule has 3 atom stereocenters. The first kappa shape index (κ1) is 13.5. The fraction of sp³-hybridized carbons (Fsp3) is 0.923. The Morgan fingerprint density at radius 3 is 2.50 bits per heavy atom. The first-order valence-electron chi connectivity index (χ1n) is 6.31. The first-order chi connectivity index (χ1) is 7.34. The molecule has 0 saturated heterocycles. The normalized spacial score (nSPS) is 30.8. The van der Waals surface area contributed by atoms with Crippen LogP contribution in [-0.4, -0.2) is 25.0 Å². The minimum absolute atomic E-state index is 0.0797. The van der Waals surface area contributed by atoms with E-state index in [-0.39, 0.29) is 11.9 Å². The lowest BCUT2D eigenvalue weighted by molar-refractivity contribution is -0.122. The summed E-state index contributed by atoms with van der Waals surface area (Å²) in [5.74, 6) is 0.828. The average Bonchev–Trinajstić information content (AvgIpc) is 2.12. The lowest BCUT2D eigenvalue weighted by Crippen LogP contribution is -2.49. The molecule has 1 fully saturated rings. The Bertz CT molecular complexity index is 250. The highest BCUT2D eigenvalue weighted by Gasteiger charge is 2.32. The summed E-state index contributed by atoms with van der Waals surface area (Å²) >= 11 is 0. The van der Waals surface area contributed by atoms with Crippen molar-refractivity contribution in [1.29, 1.82) is 0 Å². The Balaban J connectivity index is 2.51. The van der Waals surface area contributed by atoms with Crippen LogP contribution in [0.4, 0.5) is 0 Å². The number of rotatable bonds is 3. The van der Waals surface area contributed by atoms with Crippen LogP contribution in [0.15, 0.2) is 0 Å². The number of hydrogen-bond acceptors (Lipinski definition) is 2. The summed E-state index contributed by atoms with van der Waals surface area (Å²) < 4.78 is 0. The fourth-order valence-corrected chi connectivity index (χ4v) is 3.12. The van der Waals surface area contributed by atoms with Crippen LogP contribution >= 0.6 is 0 Å². The van der Waals surface area contributed by atoms with E-state index in [2.05, 4.69) is 31.4 Å². The van der Waals surface area contributed by atoms with Crippen LogP contribution in [0.3, 0.4) is 0 Å². The van der Waals surface area contributed by atoms with Crippen molar-refractivity contribution in [3.63, 3.8) is 0 Å². The van der Waals surface area contributed by atoms with E-state index in [0.29, 0.717) is 11.5 Å².